The molecule has 0 bridgehead atoms. The van der Waals surface area contributed by atoms with Gasteiger partial charge in [-0.25, -0.2) is 4.98 Å². The van der Waals surface area contributed by atoms with Gasteiger partial charge >= 0.3 is 0 Å². The van der Waals surface area contributed by atoms with E-state index in [2.05, 4.69) is 36.1 Å². The monoisotopic (exact) mass is 435 g/mol. The van der Waals surface area contributed by atoms with E-state index >= 15 is 0 Å². The highest BCUT2D eigenvalue weighted by Crippen LogP contribution is 2.32. The van der Waals surface area contributed by atoms with Gasteiger partial charge in [-0.15, -0.1) is 11.3 Å². The Hall–Kier alpha value is -2.70. The SMILES string of the molecule is CCOc1ccccc1-c1nc(CC(=O)N2CCN(Cc3cccc(C)c3)CC2)cs1. The Bertz CT molecular complexity index is 1020. The van der Waals surface area contributed by atoms with Crippen LogP contribution in [-0.4, -0.2) is 53.5 Å². The second-order valence-electron chi connectivity index (χ2n) is 7.90. The van der Waals surface area contributed by atoms with Crippen LogP contribution >= 0.6 is 11.3 Å². The number of benzene rings is 2. The Morgan fingerprint density at radius 1 is 1.10 bits per heavy atom. The lowest BCUT2D eigenvalue weighted by atomic mass is 10.1. The summed E-state index contributed by atoms with van der Waals surface area (Å²) in [6.07, 6.45) is 0.352. The quantitative estimate of drug-likeness (QED) is 0.552. The number of aryl methyl sites for hydroxylation is 1. The summed E-state index contributed by atoms with van der Waals surface area (Å²) in [6, 6.07) is 16.6. The second-order valence-corrected chi connectivity index (χ2v) is 8.75. The maximum absolute atomic E-state index is 12.8. The lowest BCUT2D eigenvalue weighted by Gasteiger charge is -2.34. The van der Waals surface area contributed by atoms with E-state index < -0.39 is 0 Å². The van der Waals surface area contributed by atoms with Crippen LogP contribution < -0.4 is 4.74 Å². The number of carbonyl (C=O) groups is 1. The van der Waals surface area contributed by atoms with E-state index in [0.717, 1.165) is 54.7 Å². The molecular weight excluding hydrogens is 406 g/mol. The zero-order valence-electron chi connectivity index (χ0n) is 18.2. The number of amides is 1. The van der Waals surface area contributed by atoms with Gasteiger partial charge in [0.25, 0.3) is 0 Å². The molecule has 1 fully saturated rings. The number of nitrogens with zero attached hydrogens (tertiary/aromatic N) is 3. The van der Waals surface area contributed by atoms with Crippen LogP contribution in [0.25, 0.3) is 10.6 Å². The first-order valence-electron chi connectivity index (χ1n) is 10.8. The van der Waals surface area contributed by atoms with E-state index in [-0.39, 0.29) is 5.91 Å². The number of piperazine rings is 1. The third-order valence-electron chi connectivity index (χ3n) is 5.52. The van der Waals surface area contributed by atoms with Gasteiger partial charge in [-0.2, -0.15) is 0 Å². The zero-order valence-corrected chi connectivity index (χ0v) is 19.0. The molecule has 0 spiro atoms. The number of para-hydroxylation sites is 1. The van der Waals surface area contributed by atoms with Crippen molar-refractivity contribution in [3.05, 3.63) is 70.7 Å². The Morgan fingerprint density at radius 2 is 1.90 bits per heavy atom. The normalized spacial score (nSPS) is 14.6. The van der Waals surface area contributed by atoms with Crippen LogP contribution in [0.2, 0.25) is 0 Å². The number of hydrogen-bond acceptors (Lipinski definition) is 5. The van der Waals surface area contributed by atoms with Crippen molar-refractivity contribution in [2.75, 3.05) is 32.8 Å². The molecule has 0 radical (unpaired) electrons. The van der Waals surface area contributed by atoms with E-state index in [9.17, 15) is 4.79 Å². The van der Waals surface area contributed by atoms with Crippen LogP contribution in [-0.2, 0) is 17.8 Å². The number of ether oxygens (including phenoxy) is 1. The first-order chi connectivity index (χ1) is 15.1. The van der Waals surface area contributed by atoms with Crippen LogP contribution in [0.1, 0.15) is 23.7 Å². The molecule has 0 unspecified atom stereocenters. The number of rotatable bonds is 7. The lowest BCUT2D eigenvalue weighted by Crippen LogP contribution is -2.48. The summed E-state index contributed by atoms with van der Waals surface area (Å²) in [5.41, 5.74) is 4.44. The highest BCUT2D eigenvalue weighted by Gasteiger charge is 2.22. The van der Waals surface area contributed by atoms with E-state index in [1.54, 1.807) is 11.3 Å². The molecule has 0 saturated carbocycles. The standard InChI is InChI=1S/C25H29N3O2S/c1-3-30-23-10-5-4-9-22(23)25-26-21(18-31-25)16-24(29)28-13-11-27(12-14-28)17-20-8-6-7-19(2)15-20/h4-10,15,18H,3,11-14,16-17H2,1-2H3. The second kappa shape index (κ2) is 10.1. The average molecular weight is 436 g/mol. The Kier molecular flexibility index (Phi) is 6.99. The third kappa shape index (κ3) is 5.51. The van der Waals surface area contributed by atoms with Crippen LogP contribution in [0.15, 0.2) is 53.9 Å². The largest absolute Gasteiger partial charge is 0.493 e. The molecule has 1 saturated heterocycles. The summed E-state index contributed by atoms with van der Waals surface area (Å²) in [5, 5.41) is 2.89. The fraction of sp³-hybridized carbons (Fsp3) is 0.360. The van der Waals surface area contributed by atoms with Gasteiger partial charge in [0.15, 0.2) is 0 Å². The third-order valence-corrected chi connectivity index (χ3v) is 6.44. The van der Waals surface area contributed by atoms with E-state index in [1.165, 1.54) is 11.1 Å². The van der Waals surface area contributed by atoms with Crippen molar-refractivity contribution in [2.24, 2.45) is 0 Å². The average Bonchev–Trinajstić information content (AvgIpc) is 3.23. The summed E-state index contributed by atoms with van der Waals surface area (Å²) >= 11 is 1.56. The number of aromatic nitrogens is 1. The minimum absolute atomic E-state index is 0.158. The van der Waals surface area contributed by atoms with Gasteiger partial charge in [0.1, 0.15) is 10.8 Å². The minimum Gasteiger partial charge on any atom is -0.493 e. The van der Waals surface area contributed by atoms with Crippen molar-refractivity contribution in [2.45, 2.75) is 26.8 Å². The summed E-state index contributed by atoms with van der Waals surface area (Å²) in [4.78, 5) is 22.0. The Morgan fingerprint density at radius 3 is 2.68 bits per heavy atom. The van der Waals surface area contributed by atoms with Gasteiger partial charge < -0.3 is 9.64 Å². The molecule has 1 aromatic heterocycles. The lowest BCUT2D eigenvalue weighted by molar-refractivity contribution is -0.132. The minimum atomic E-state index is 0.158. The van der Waals surface area contributed by atoms with Crippen LogP contribution in [0, 0.1) is 6.92 Å². The molecule has 4 rings (SSSR count). The maximum Gasteiger partial charge on any atom is 0.228 e. The molecular formula is C25H29N3O2S. The molecule has 162 valence electrons. The van der Waals surface area contributed by atoms with Crippen LogP contribution in [0.3, 0.4) is 0 Å². The summed E-state index contributed by atoms with van der Waals surface area (Å²) in [5.74, 6) is 0.993. The fourth-order valence-electron chi connectivity index (χ4n) is 3.93. The van der Waals surface area contributed by atoms with E-state index in [1.807, 2.05) is 41.5 Å². The molecule has 2 heterocycles. The summed E-state index contributed by atoms with van der Waals surface area (Å²) in [6.45, 7) is 9.02. The molecule has 1 aliphatic heterocycles. The number of thiazole rings is 1. The van der Waals surface area contributed by atoms with E-state index in [0.29, 0.717) is 13.0 Å². The predicted octanol–water partition coefficient (Wildman–Crippen LogP) is 4.40. The first-order valence-corrected chi connectivity index (χ1v) is 11.7. The smallest absolute Gasteiger partial charge is 0.228 e. The molecule has 3 aromatic rings. The molecule has 5 nitrogen and oxygen atoms in total. The highest BCUT2D eigenvalue weighted by molar-refractivity contribution is 7.13. The van der Waals surface area contributed by atoms with Crippen molar-refractivity contribution in [1.29, 1.82) is 0 Å². The van der Waals surface area contributed by atoms with Gasteiger partial charge in [-0.1, -0.05) is 42.0 Å². The van der Waals surface area contributed by atoms with Gasteiger partial charge in [-0.05, 0) is 31.5 Å². The molecule has 1 aliphatic rings. The van der Waals surface area contributed by atoms with Crippen molar-refractivity contribution in [3.8, 4) is 16.3 Å². The van der Waals surface area contributed by atoms with Crippen molar-refractivity contribution < 1.29 is 9.53 Å². The van der Waals surface area contributed by atoms with Crippen LogP contribution in [0.5, 0.6) is 5.75 Å². The van der Waals surface area contributed by atoms with Gasteiger partial charge in [0.2, 0.25) is 5.91 Å². The van der Waals surface area contributed by atoms with E-state index in [4.69, 9.17) is 9.72 Å². The topological polar surface area (TPSA) is 45.7 Å². The molecule has 1 amide bonds. The first kappa shape index (κ1) is 21.5. The molecule has 0 atom stereocenters. The van der Waals surface area contributed by atoms with Gasteiger partial charge in [0, 0.05) is 38.1 Å². The Balaban J connectivity index is 1.32. The molecule has 6 heteroatoms. The predicted molar refractivity (Wildman–Crippen MR) is 125 cm³/mol. The molecule has 0 aliphatic carbocycles. The van der Waals surface area contributed by atoms with Crippen molar-refractivity contribution in [3.63, 3.8) is 0 Å². The number of carbonyl (C=O) groups excluding carboxylic acids is 1. The highest BCUT2D eigenvalue weighted by atomic mass is 32.1. The van der Waals surface area contributed by atoms with Crippen LogP contribution in [0.4, 0.5) is 0 Å². The zero-order chi connectivity index (χ0) is 21.6. The maximum atomic E-state index is 12.8. The Labute approximate surface area is 188 Å². The van der Waals surface area contributed by atoms with Crippen molar-refractivity contribution in [1.82, 2.24) is 14.8 Å². The number of hydrogen-bond donors (Lipinski definition) is 0. The van der Waals surface area contributed by atoms with Gasteiger partial charge in [0.05, 0.1) is 24.3 Å². The van der Waals surface area contributed by atoms with Gasteiger partial charge in [-0.3, -0.25) is 9.69 Å². The molecule has 0 N–H and O–H groups in total. The molecule has 2 aromatic carbocycles. The fourth-order valence-corrected chi connectivity index (χ4v) is 4.78. The van der Waals surface area contributed by atoms with Crippen molar-refractivity contribution >= 4 is 17.2 Å². The molecule has 31 heavy (non-hydrogen) atoms. The summed E-state index contributed by atoms with van der Waals surface area (Å²) in [7, 11) is 0. The summed E-state index contributed by atoms with van der Waals surface area (Å²) < 4.78 is 5.72.